The Labute approximate surface area is 143 Å². The van der Waals surface area contributed by atoms with Crippen molar-refractivity contribution in [1.29, 1.82) is 0 Å². The highest BCUT2D eigenvalue weighted by molar-refractivity contribution is 5.96. The Balaban J connectivity index is 1.93. The lowest BCUT2D eigenvalue weighted by Gasteiger charge is -2.36. The first kappa shape index (κ1) is 16.6. The van der Waals surface area contributed by atoms with E-state index in [1.54, 1.807) is 14.0 Å². The van der Waals surface area contributed by atoms with Crippen LogP contribution in [0.1, 0.15) is 25.3 Å². The Morgan fingerprint density at radius 1 is 1.46 bits per heavy atom. The van der Waals surface area contributed by atoms with Gasteiger partial charge in [0.25, 0.3) is 0 Å². The van der Waals surface area contributed by atoms with Gasteiger partial charge in [0.05, 0.1) is 12.8 Å². The summed E-state index contributed by atoms with van der Waals surface area (Å²) in [4.78, 5) is 18.2. The van der Waals surface area contributed by atoms with Crippen molar-refractivity contribution in [2.75, 3.05) is 31.6 Å². The van der Waals surface area contributed by atoms with Crippen molar-refractivity contribution in [3.63, 3.8) is 0 Å². The third-order valence-corrected chi connectivity index (χ3v) is 4.71. The summed E-state index contributed by atoms with van der Waals surface area (Å²) in [6.45, 7) is 6.43. The average Bonchev–Trinajstić information content (AvgIpc) is 2.59. The van der Waals surface area contributed by atoms with Crippen molar-refractivity contribution < 1.29 is 9.53 Å². The number of fused-ring (bicyclic) bond motifs is 1. The molecule has 0 aliphatic carbocycles. The number of ether oxygens (including phenoxy) is 1. The smallest absolute Gasteiger partial charge is 0.216 e. The van der Waals surface area contributed by atoms with Crippen LogP contribution in [-0.4, -0.2) is 37.6 Å². The summed E-state index contributed by atoms with van der Waals surface area (Å²) in [5.41, 5.74) is 3.33. The molecule has 1 amide bonds. The summed E-state index contributed by atoms with van der Waals surface area (Å²) < 4.78 is 5.47. The molecule has 1 aromatic carbocycles. The molecule has 1 fully saturated rings. The number of carbonyl (C=O) groups is 1. The fraction of sp³-hybridized carbons (Fsp3) is 0.474. The first-order chi connectivity index (χ1) is 11.6. The van der Waals surface area contributed by atoms with Crippen molar-refractivity contribution in [2.45, 2.75) is 26.7 Å². The van der Waals surface area contributed by atoms with Crippen molar-refractivity contribution >= 4 is 22.5 Å². The molecule has 1 N–H and O–H groups in total. The number of aryl methyl sites for hydroxylation is 1. The molecule has 0 radical (unpaired) electrons. The highest BCUT2D eigenvalue weighted by Crippen LogP contribution is 2.35. The zero-order valence-corrected chi connectivity index (χ0v) is 14.6. The molecule has 1 aliphatic rings. The first-order valence-corrected chi connectivity index (χ1v) is 8.52. The van der Waals surface area contributed by atoms with Crippen molar-refractivity contribution in [3.05, 3.63) is 30.0 Å². The maximum atomic E-state index is 11.2. The van der Waals surface area contributed by atoms with Gasteiger partial charge in [-0.15, -0.1) is 0 Å². The Morgan fingerprint density at radius 3 is 3.04 bits per heavy atom. The molecule has 128 valence electrons. The number of methoxy groups -OCH3 is 1. The van der Waals surface area contributed by atoms with Gasteiger partial charge in [-0.1, -0.05) is 12.1 Å². The third-order valence-electron chi connectivity index (χ3n) is 4.71. The van der Waals surface area contributed by atoms with Crippen LogP contribution >= 0.6 is 0 Å². The van der Waals surface area contributed by atoms with Crippen LogP contribution in [0.3, 0.4) is 0 Å². The molecule has 5 nitrogen and oxygen atoms in total. The van der Waals surface area contributed by atoms with Gasteiger partial charge < -0.3 is 15.0 Å². The molecule has 0 saturated carbocycles. The van der Waals surface area contributed by atoms with Gasteiger partial charge in [-0.3, -0.25) is 9.78 Å². The Bertz CT molecular complexity index is 745. The lowest BCUT2D eigenvalue weighted by molar-refractivity contribution is -0.119. The number of piperidine rings is 1. The fourth-order valence-corrected chi connectivity index (χ4v) is 3.59. The van der Waals surface area contributed by atoms with Crippen LogP contribution in [0.5, 0.6) is 5.75 Å². The van der Waals surface area contributed by atoms with E-state index in [1.807, 2.05) is 18.3 Å². The number of hydrogen-bond acceptors (Lipinski definition) is 4. The second-order valence-corrected chi connectivity index (χ2v) is 6.54. The number of carbonyl (C=O) groups excluding carboxylic acids is 1. The maximum Gasteiger partial charge on any atom is 0.216 e. The second-order valence-electron chi connectivity index (χ2n) is 6.54. The monoisotopic (exact) mass is 327 g/mol. The van der Waals surface area contributed by atoms with Gasteiger partial charge in [-0.05, 0) is 37.3 Å². The maximum absolute atomic E-state index is 11.2. The molecule has 24 heavy (non-hydrogen) atoms. The average molecular weight is 327 g/mol. The van der Waals surface area contributed by atoms with Gasteiger partial charge in [0.2, 0.25) is 5.91 Å². The summed E-state index contributed by atoms with van der Waals surface area (Å²) in [7, 11) is 1.68. The van der Waals surface area contributed by atoms with Crippen LogP contribution in [0.15, 0.2) is 24.4 Å². The molecule has 1 atom stereocenters. The van der Waals surface area contributed by atoms with Crippen LogP contribution in [0.25, 0.3) is 10.9 Å². The summed E-state index contributed by atoms with van der Waals surface area (Å²) in [5, 5.41) is 4.09. The molecule has 3 rings (SSSR count). The summed E-state index contributed by atoms with van der Waals surface area (Å²) >= 11 is 0. The Morgan fingerprint density at radius 2 is 2.29 bits per heavy atom. The number of anilines is 1. The molecule has 1 aromatic heterocycles. The number of amides is 1. The van der Waals surface area contributed by atoms with Crippen LogP contribution in [0.2, 0.25) is 0 Å². The van der Waals surface area contributed by atoms with E-state index in [0.717, 1.165) is 49.1 Å². The van der Waals surface area contributed by atoms with Crippen LogP contribution in [0.4, 0.5) is 5.69 Å². The van der Waals surface area contributed by atoms with Crippen LogP contribution in [-0.2, 0) is 4.79 Å². The molecular formula is C19H25N3O2. The van der Waals surface area contributed by atoms with E-state index in [0.29, 0.717) is 5.92 Å². The lowest BCUT2D eigenvalue weighted by atomic mass is 9.96. The Kier molecular flexibility index (Phi) is 4.88. The molecule has 1 unspecified atom stereocenters. The van der Waals surface area contributed by atoms with Gasteiger partial charge >= 0.3 is 0 Å². The number of para-hydroxylation sites is 1. The number of aromatic nitrogens is 1. The lowest BCUT2D eigenvalue weighted by Crippen LogP contribution is -2.41. The number of benzene rings is 1. The molecule has 1 saturated heterocycles. The number of rotatable bonds is 4. The predicted octanol–water partition coefficient (Wildman–Crippen LogP) is 2.90. The molecule has 1 aliphatic heterocycles. The summed E-state index contributed by atoms with van der Waals surface area (Å²) in [6, 6.07) is 6.08. The van der Waals surface area contributed by atoms with Crippen molar-refractivity contribution in [2.24, 2.45) is 5.92 Å². The summed E-state index contributed by atoms with van der Waals surface area (Å²) in [5.74, 6) is 1.33. The summed E-state index contributed by atoms with van der Waals surface area (Å²) in [6.07, 6.45) is 4.22. The molecular weight excluding hydrogens is 302 g/mol. The van der Waals surface area contributed by atoms with Gasteiger partial charge in [-0.2, -0.15) is 0 Å². The first-order valence-electron chi connectivity index (χ1n) is 8.52. The van der Waals surface area contributed by atoms with E-state index in [1.165, 1.54) is 11.3 Å². The fourth-order valence-electron chi connectivity index (χ4n) is 3.59. The minimum Gasteiger partial charge on any atom is -0.494 e. The minimum atomic E-state index is 0.0439. The van der Waals surface area contributed by atoms with E-state index in [-0.39, 0.29) is 5.91 Å². The van der Waals surface area contributed by atoms with Crippen molar-refractivity contribution in [1.82, 2.24) is 10.3 Å². The van der Waals surface area contributed by atoms with Gasteiger partial charge in [0, 0.05) is 38.1 Å². The molecule has 0 bridgehead atoms. The number of nitrogens with one attached hydrogen (secondary N) is 1. The van der Waals surface area contributed by atoms with E-state index in [2.05, 4.69) is 28.2 Å². The van der Waals surface area contributed by atoms with E-state index in [4.69, 9.17) is 4.74 Å². The van der Waals surface area contributed by atoms with Crippen LogP contribution in [0, 0.1) is 12.8 Å². The third kappa shape index (κ3) is 3.30. The number of nitrogens with zero attached hydrogens (tertiary/aromatic N) is 2. The second kappa shape index (κ2) is 7.07. The highest BCUT2D eigenvalue weighted by atomic mass is 16.5. The Hall–Kier alpha value is -2.30. The SMILES string of the molecule is COc1cccc2c(N3CCCC(CNC(C)=O)C3)c(C)cnc12. The molecule has 2 heterocycles. The molecule has 5 heteroatoms. The normalized spacial score (nSPS) is 17.8. The molecule has 2 aromatic rings. The van der Waals surface area contributed by atoms with Gasteiger partial charge in [0.1, 0.15) is 11.3 Å². The number of pyridine rings is 1. The zero-order chi connectivity index (χ0) is 17.1. The predicted molar refractivity (Wildman–Crippen MR) is 96.7 cm³/mol. The zero-order valence-electron chi connectivity index (χ0n) is 14.6. The minimum absolute atomic E-state index is 0.0439. The number of hydrogen-bond donors (Lipinski definition) is 1. The standard InChI is InChI=1S/C19H25N3O2/c1-13-10-21-18-16(7-4-8-17(18)24-3)19(13)22-9-5-6-15(12-22)11-20-14(2)23/h4,7-8,10,15H,5-6,9,11-12H2,1-3H3,(H,20,23). The van der Waals surface area contributed by atoms with E-state index < -0.39 is 0 Å². The van der Waals surface area contributed by atoms with Crippen molar-refractivity contribution in [3.8, 4) is 5.75 Å². The van der Waals surface area contributed by atoms with Crippen LogP contribution < -0.4 is 15.0 Å². The highest BCUT2D eigenvalue weighted by Gasteiger charge is 2.23. The van der Waals surface area contributed by atoms with E-state index >= 15 is 0 Å². The van der Waals surface area contributed by atoms with E-state index in [9.17, 15) is 4.79 Å². The quantitative estimate of drug-likeness (QED) is 0.938. The molecule has 0 spiro atoms. The van der Waals surface area contributed by atoms with Gasteiger partial charge in [-0.25, -0.2) is 0 Å². The van der Waals surface area contributed by atoms with Gasteiger partial charge in [0.15, 0.2) is 0 Å². The topological polar surface area (TPSA) is 54.5 Å². The largest absolute Gasteiger partial charge is 0.494 e.